The van der Waals surface area contributed by atoms with Crippen LogP contribution in [0.1, 0.15) is 30.0 Å². The molecule has 1 heterocycles. The van der Waals surface area contributed by atoms with Crippen LogP contribution in [0.5, 0.6) is 5.75 Å². The number of phenols is 1. The van der Waals surface area contributed by atoms with Gasteiger partial charge in [0.05, 0.1) is 15.0 Å². The van der Waals surface area contributed by atoms with E-state index in [1.54, 1.807) is 0 Å². The summed E-state index contributed by atoms with van der Waals surface area (Å²) in [6, 6.07) is 7.87. The van der Waals surface area contributed by atoms with Crippen molar-refractivity contribution < 1.29 is 9.52 Å². The molecule has 5 heteroatoms. The van der Waals surface area contributed by atoms with E-state index in [0.717, 1.165) is 17.1 Å². The van der Waals surface area contributed by atoms with E-state index in [1.807, 2.05) is 31.2 Å². The molecule has 0 amide bonds. The third-order valence-electron chi connectivity index (χ3n) is 2.88. The molecule has 0 radical (unpaired) electrons. The third kappa shape index (κ3) is 3.61. The molecule has 0 fully saturated rings. The Morgan fingerprint density at radius 3 is 2.42 bits per heavy atom. The van der Waals surface area contributed by atoms with Gasteiger partial charge in [0.15, 0.2) is 0 Å². The van der Waals surface area contributed by atoms with Crippen LogP contribution >= 0.6 is 31.9 Å². The molecule has 0 spiro atoms. The van der Waals surface area contributed by atoms with Crippen molar-refractivity contribution in [2.24, 2.45) is 0 Å². The maximum absolute atomic E-state index is 9.66. The van der Waals surface area contributed by atoms with Crippen LogP contribution in [-0.4, -0.2) is 5.11 Å². The molecule has 0 aliphatic heterocycles. The summed E-state index contributed by atoms with van der Waals surface area (Å²) in [7, 11) is 0. The zero-order valence-electron chi connectivity index (χ0n) is 10.7. The average Bonchev–Trinajstić information content (AvgIpc) is 2.79. The molecule has 0 aliphatic carbocycles. The van der Waals surface area contributed by atoms with Gasteiger partial charge in [-0.05, 0) is 75.5 Å². The Morgan fingerprint density at radius 1 is 1.26 bits per heavy atom. The van der Waals surface area contributed by atoms with Crippen LogP contribution in [-0.2, 0) is 6.54 Å². The van der Waals surface area contributed by atoms with E-state index in [1.165, 1.54) is 0 Å². The molecule has 102 valence electrons. The molecule has 1 aromatic heterocycles. The minimum Gasteiger partial charge on any atom is -0.506 e. The van der Waals surface area contributed by atoms with Gasteiger partial charge in [0, 0.05) is 6.54 Å². The molecule has 2 rings (SSSR count). The summed E-state index contributed by atoms with van der Waals surface area (Å²) in [6.45, 7) is 4.69. The zero-order chi connectivity index (χ0) is 14.0. The predicted octanol–water partition coefficient (Wildman–Crippen LogP) is 4.67. The second-order valence-corrected chi connectivity index (χ2v) is 6.17. The van der Waals surface area contributed by atoms with Crippen LogP contribution in [0.25, 0.3) is 0 Å². The maximum atomic E-state index is 9.66. The summed E-state index contributed by atoms with van der Waals surface area (Å²) in [5.41, 5.74) is 1.08. The van der Waals surface area contributed by atoms with Crippen molar-refractivity contribution in [3.05, 3.63) is 50.3 Å². The third-order valence-corrected chi connectivity index (χ3v) is 4.09. The minimum absolute atomic E-state index is 0.139. The van der Waals surface area contributed by atoms with Gasteiger partial charge in [0.2, 0.25) is 0 Å². The van der Waals surface area contributed by atoms with Crippen LogP contribution < -0.4 is 5.32 Å². The standard InChI is InChI=1S/C14H15Br2NO2/c1-8-3-4-13(19-8)9(2)17-7-10-5-11(15)14(18)12(16)6-10/h3-6,9,17-18H,7H2,1-2H3. The number of aromatic hydroxyl groups is 1. The van der Waals surface area contributed by atoms with Gasteiger partial charge in [-0.2, -0.15) is 0 Å². The maximum Gasteiger partial charge on any atom is 0.143 e. The fourth-order valence-electron chi connectivity index (χ4n) is 1.78. The van der Waals surface area contributed by atoms with E-state index in [0.29, 0.717) is 15.5 Å². The Labute approximate surface area is 129 Å². The topological polar surface area (TPSA) is 45.4 Å². The highest BCUT2D eigenvalue weighted by atomic mass is 79.9. The van der Waals surface area contributed by atoms with Crippen LogP contribution in [0.4, 0.5) is 0 Å². The van der Waals surface area contributed by atoms with E-state index in [2.05, 4.69) is 44.1 Å². The fourth-order valence-corrected chi connectivity index (χ4v) is 3.06. The van der Waals surface area contributed by atoms with Crippen LogP contribution in [0.2, 0.25) is 0 Å². The Balaban J connectivity index is 2.03. The van der Waals surface area contributed by atoms with Gasteiger partial charge in [-0.3, -0.25) is 0 Å². The molecule has 1 atom stereocenters. The Hall–Kier alpha value is -0.780. The highest BCUT2D eigenvalue weighted by Gasteiger charge is 2.10. The summed E-state index contributed by atoms with van der Waals surface area (Å²) < 4.78 is 6.94. The number of aryl methyl sites for hydroxylation is 1. The van der Waals surface area contributed by atoms with Gasteiger partial charge in [0.1, 0.15) is 17.3 Å². The molecule has 2 N–H and O–H groups in total. The Bertz CT molecular complexity index is 558. The Morgan fingerprint density at radius 2 is 1.89 bits per heavy atom. The molecule has 1 aromatic carbocycles. The number of hydrogen-bond donors (Lipinski definition) is 2. The summed E-state index contributed by atoms with van der Waals surface area (Å²) in [5.74, 6) is 2.06. The first kappa shape index (κ1) is 14.6. The number of nitrogens with one attached hydrogen (secondary N) is 1. The molecule has 3 nitrogen and oxygen atoms in total. The summed E-state index contributed by atoms with van der Waals surface area (Å²) in [6.07, 6.45) is 0. The van der Waals surface area contributed by atoms with Crippen LogP contribution in [0.15, 0.2) is 37.6 Å². The van der Waals surface area contributed by atoms with Crippen molar-refractivity contribution in [3.63, 3.8) is 0 Å². The number of halogens is 2. The normalized spacial score (nSPS) is 12.6. The highest BCUT2D eigenvalue weighted by molar-refractivity contribution is 9.11. The molecule has 0 saturated carbocycles. The molecule has 1 unspecified atom stereocenters. The largest absolute Gasteiger partial charge is 0.506 e. The number of rotatable bonds is 4. The number of furan rings is 1. The minimum atomic E-state index is 0.139. The predicted molar refractivity (Wildman–Crippen MR) is 82.2 cm³/mol. The van der Waals surface area contributed by atoms with E-state index in [-0.39, 0.29) is 11.8 Å². The second kappa shape index (κ2) is 6.11. The molecule has 19 heavy (non-hydrogen) atoms. The van der Waals surface area contributed by atoms with E-state index < -0.39 is 0 Å². The summed E-state index contributed by atoms with van der Waals surface area (Å²) in [4.78, 5) is 0. The zero-order valence-corrected chi connectivity index (χ0v) is 13.9. The van der Waals surface area contributed by atoms with Crippen molar-refractivity contribution in [1.82, 2.24) is 5.32 Å². The molecule has 0 bridgehead atoms. The lowest BCUT2D eigenvalue weighted by Crippen LogP contribution is -2.17. The average molecular weight is 389 g/mol. The Kier molecular flexibility index (Phi) is 4.71. The first-order valence-electron chi connectivity index (χ1n) is 5.94. The van der Waals surface area contributed by atoms with Crippen molar-refractivity contribution in [1.29, 1.82) is 0 Å². The van der Waals surface area contributed by atoms with Gasteiger partial charge in [-0.1, -0.05) is 0 Å². The van der Waals surface area contributed by atoms with E-state index >= 15 is 0 Å². The van der Waals surface area contributed by atoms with Crippen LogP contribution in [0, 0.1) is 6.92 Å². The molecule has 2 aromatic rings. The smallest absolute Gasteiger partial charge is 0.143 e. The molecule has 0 saturated heterocycles. The fraction of sp³-hybridized carbons (Fsp3) is 0.286. The van der Waals surface area contributed by atoms with E-state index in [4.69, 9.17) is 4.42 Å². The first-order chi connectivity index (χ1) is 8.97. The second-order valence-electron chi connectivity index (χ2n) is 4.46. The van der Waals surface area contributed by atoms with Crippen LogP contribution in [0.3, 0.4) is 0 Å². The lowest BCUT2D eigenvalue weighted by atomic mass is 10.2. The first-order valence-corrected chi connectivity index (χ1v) is 7.52. The van der Waals surface area contributed by atoms with Gasteiger partial charge in [-0.15, -0.1) is 0 Å². The quantitative estimate of drug-likeness (QED) is 0.799. The number of hydrogen-bond acceptors (Lipinski definition) is 3. The van der Waals surface area contributed by atoms with Gasteiger partial charge >= 0.3 is 0 Å². The highest BCUT2D eigenvalue weighted by Crippen LogP contribution is 2.33. The summed E-state index contributed by atoms with van der Waals surface area (Å²) in [5, 5.41) is 13.0. The number of benzene rings is 1. The molecular formula is C14H15Br2NO2. The van der Waals surface area contributed by atoms with Gasteiger partial charge < -0.3 is 14.8 Å². The monoisotopic (exact) mass is 387 g/mol. The van der Waals surface area contributed by atoms with E-state index in [9.17, 15) is 5.11 Å². The number of phenolic OH excluding ortho intramolecular Hbond substituents is 1. The van der Waals surface area contributed by atoms with Gasteiger partial charge in [-0.25, -0.2) is 0 Å². The van der Waals surface area contributed by atoms with Crippen molar-refractivity contribution >= 4 is 31.9 Å². The van der Waals surface area contributed by atoms with Crippen molar-refractivity contribution in [2.75, 3.05) is 0 Å². The summed E-state index contributed by atoms with van der Waals surface area (Å²) >= 11 is 6.65. The molecular weight excluding hydrogens is 374 g/mol. The lowest BCUT2D eigenvalue weighted by molar-refractivity contribution is 0.415. The lowest BCUT2D eigenvalue weighted by Gasteiger charge is -2.12. The van der Waals surface area contributed by atoms with Crippen molar-refractivity contribution in [2.45, 2.75) is 26.4 Å². The van der Waals surface area contributed by atoms with Gasteiger partial charge in [0.25, 0.3) is 0 Å². The SMILES string of the molecule is Cc1ccc(C(C)NCc2cc(Br)c(O)c(Br)c2)o1. The molecule has 0 aliphatic rings. The van der Waals surface area contributed by atoms with Crippen molar-refractivity contribution in [3.8, 4) is 5.75 Å².